The van der Waals surface area contributed by atoms with E-state index in [1.807, 2.05) is 0 Å². The van der Waals surface area contributed by atoms with Crippen molar-refractivity contribution in [3.05, 3.63) is 0 Å². The number of rotatable bonds is 12. The Bertz CT molecular complexity index is 183. The van der Waals surface area contributed by atoms with Gasteiger partial charge < -0.3 is 0 Å². The molecule has 0 aromatic heterocycles. The van der Waals surface area contributed by atoms with Crippen molar-refractivity contribution in [2.24, 2.45) is 11.8 Å². The summed E-state index contributed by atoms with van der Waals surface area (Å²) in [6.45, 7) is 15.3. The van der Waals surface area contributed by atoms with Crippen LogP contribution < -0.4 is 0 Å². The van der Waals surface area contributed by atoms with E-state index in [1.54, 1.807) is 0 Å². The maximum absolute atomic E-state index is 6.43. The van der Waals surface area contributed by atoms with Gasteiger partial charge in [0.25, 0.3) is 0 Å². The molecule has 0 saturated carbocycles. The molecule has 0 fully saturated rings. The minimum absolute atomic E-state index is 0.613. The summed E-state index contributed by atoms with van der Waals surface area (Å²) in [7, 11) is 0. The molecule has 19 heavy (non-hydrogen) atoms. The van der Waals surface area contributed by atoms with Gasteiger partial charge in [-0.2, -0.15) is 0 Å². The summed E-state index contributed by atoms with van der Waals surface area (Å²) in [6.07, 6.45) is 5.05. The van der Waals surface area contributed by atoms with E-state index in [-0.39, 0.29) is 0 Å². The first-order valence-electron chi connectivity index (χ1n) is 8.23. The van der Waals surface area contributed by atoms with Crippen molar-refractivity contribution in [3.63, 3.8) is 0 Å². The molecule has 0 amide bonds. The summed E-state index contributed by atoms with van der Waals surface area (Å²) in [5, 5.41) is 0. The zero-order valence-corrected chi connectivity index (χ0v) is 17.0. The van der Waals surface area contributed by atoms with Crippen molar-refractivity contribution >= 4 is 19.2 Å². The second kappa shape index (κ2) is 11.4. The first-order chi connectivity index (χ1) is 8.95. The van der Waals surface area contributed by atoms with Gasteiger partial charge in [0, 0.05) is 0 Å². The van der Waals surface area contributed by atoms with Crippen LogP contribution in [0.3, 0.4) is 0 Å². The third-order valence-corrected chi connectivity index (χ3v) is 13.5. The molecule has 0 atom stereocenters. The molecule has 0 aliphatic heterocycles. The van der Waals surface area contributed by atoms with Crippen molar-refractivity contribution in [2.75, 3.05) is 13.2 Å². The molecule has 116 valence electrons. The fourth-order valence-corrected chi connectivity index (χ4v) is 13.3. The second-order valence-corrected chi connectivity index (χ2v) is 16.2. The van der Waals surface area contributed by atoms with E-state index in [0.29, 0.717) is 11.8 Å². The molecule has 0 aromatic carbocycles. The van der Waals surface area contributed by atoms with Crippen LogP contribution in [-0.2, 0) is 6.15 Å². The van der Waals surface area contributed by atoms with Gasteiger partial charge in [0.05, 0.1) is 0 Å². The van der Waals surface area contributed by atoms with E-state index in [9.17, 15) is 0 Å². The minimum atomic E-state index is -2.80. The fraction of sp³-hybridized carbons (Fsp3) is 1.00. The Kier molecular flexibility index (Phi) is 11.8. The number of unbranched alkanes of at least 4 members (excludes halogenated alkanes) is 2. The Morgan fingerprint density at radius 2 is 1.11 bits per heavy atom. The molecule has 0 radical (unpaired) electrons. The normalized spacial score (nSPS) is 12.6. The third-order valence-electron chi connectivity index (χ3n) is 3.18. The van der Waals surface area contributed by atoms with Crippen molar-refractivity contribution in [2.45, 2.75) is 76.1 Å². The van der Waals surface area contributed by atoms with Crippen LogP contribution in [0.5, 0.6) is 0 Å². The molecule has 0 rings (SSSR count). The quantitative estimate of drug-likeness (QED) is 0.424. The molecule has 0 saturated heterocycles. The zero-order valence-electron chi connectivity index (χ0n) is 14.1. The van der Waals surface area contributed by atoms with Gasteiger partial charge in [-0.05, 0) is 0 Å². The standard InChI is InChI=1S/2C4H9O.2C4H9.Sn/c2*1-4(2)3-5;2*1-3-4-2;/h2*4H,3H2,1-2H3;2*1,3-4H2,2H3;/q2*-1;;;+2. The SMILES string of the molecule is CCC[CH2][Sn]([CH2]CCC)([O]CC(C)C)[O]CC(C)C. The van der Waals surface area contributed by atoms with Crippen molar-refractivity contribution in [1.82, 2.24) is 0 Å². The molecule has 0 bridgehead atoms. The molecular formula is C16H36O2Sn. The van der Waals surface area contributed by atoms with Crippen molar-refractivity contribution in [1.29, 1.82) is 0 Å². The van der Waals surface area contributed by atoms with Crippen LogP contribution in [0.15, 0.2) is 0 Å². The van der Waals surface area contributed by atoms with Gasteiger partial charge in [0.2, 0.25) is 0 Å². The van der Waals surface area contributed by atoms with Gasteiger partial charge in [-0.1, -0.05) is 0 Å². The Balaban J connectivity index is 4.62. The van der Waals surface area contributed by atoms with Crippen LogP contribution in [0.4, 0.5) is 0 Å². The zero-order chi connectivity index (χ0) is 14.7. The summed E-state index contributed by atoms with van der Waals surface area (Å²) in [5.41, 5.74) is 0. The van der Waals surface area contributed by atoms with Gasteiger partial charge in [-0.3, -0.25) is 0 Å². The molecule has 0 N–H and O–H groups in total. The molecule has 0 aromatic rings. The van der Waals surface area contributed by atoms with E-state index in [4.69, 9.17) is 6.15 Å². The van der Waals surface area contributed by atoms with E-state index in [0.717, 1.165) is 13.2 Å². The molecule has 0 aliphatic rings. The van der Waals surface area contributed by atoms with Gasteiger partial charge in [-0.25, -0.2) is 0 Å². The van der Waals surface area contributed by atoms with Crippen LogP contribution >= 0.6 is 0 Å². The van der Waals surface area contributed by atoms with Crippen LogP contribution in [-0.4, -0.2) is 32.4 Å². The van der Waals surface area contributed by atoms with Gasteiger partial charge in [0.1, 0.15) is 0 Å². The fourth-order valence-electron chi connectivity index (χ4n) is 1.98. The molecular weight excluding hydrogens is 343 g/mol. The van der Waals surface area contributed by atoms with Gasteiger partial charge >= 0.3 is 127 Å². The van der Waals surface area contributed by atoms with Crippen LogP contribution in [0.25, 0.3) is 0 Å². The summed E-state index contributed by atoms with van der Waals surface area (Å²) in [4.78, 5) is 0. The first-order valence-corrected chi connectivity index (χ1v) is 14.6. The van der Waals surface area contributed by atoms with Crippen LogP contribution in [0, 0.1) is 11.8 Å². The molecule has 2 nitrogen and oxygen atoms in total. The Labute approximate surface area is 126 Å². The third kappa shape index (κ3) is 10.1. The molecule has 0 unspecified atom stereocenters. The van der Waals surface area contributed by atoms with Crippen LogP contribution in [0.1, 0.15) is 67.2 Å². The van der Waals surface area contributed by atoms with E-state index in [1.165, 1.54) is 34.6 Å². The summed E-state index contributed by atoms with van der Waals surface area (Å²) in [6, 6.07) is 0. The van der Waals surface area contributed by atoms with E-state index < -0.39 is 19.2 Å². The average molecular weight is 379 g/mol. The van der Waals surface area contributed by atoms with Gasteiger partial charge in [-0.15, -0.1) is 0 Å². The molecule has 0 spiro atoms. The predicted octanol–water partition coefficient (Wildman–Crippen LogP) is 5.37. The molecule has 0 heterocycles. The van der Waals surface area contributed by atoms with Crippen LogP contribution in [0.2, 0.25) is 8.87 Å². The molecule has 0 aliphatic carbocycles. The number of hydrogen-bond acceptors (Lipinski definition) is 2. The van der Waals surface area contributed by atoms with E-state index >= 15 is 0 Å². The van der Waals surface area contributed by atoms with Gasteiger partial charge in [0.15, 0.2) is 0 Å². The van der Waals surface area contributed by atoms with E-state index in [2.05, 4.69) is 41.5 Å². The van der Waals surface area contributed by atoms with Crippen molar-refractivity contribution in [3.8, 4) is 0 Å². The Morgan fingerprint density at radius 3 is 1.37 bits per heavy atom. The predicted molar refractivity (Wildman–Crippen MR) is 86.8 cm³/mol. The average Bonchev–Trinajstić information content (AvgIpc) is 2.37. The second-order valence-electron chi connectivity index (χ2n) is 6.53. The Morgan fingerprint density at radius 1 is 0.737 bits per heavy atom. The maximum atomic E-state index is 6.43. The summed E-state index contributed by atoms with van der Waals surface area (Å²) in [5.74, 6) is 1.23. The summed E-state index contributed by atoms with van der Waals surface area (Å²) < 4.78 is 15.3. The topological polar surface area (TPSA) is 18.5 Å². The Hall–Kier alpha value is 0.719. The monoisotopic (exact) mass is 380 g/mol. The number of hydrogen-bond donors (Lipinski definition) is 0. The first kappa shape index (κ1) is 19.7. The molecule has 3 heteroatoms. The van der Waals surface area contributed by atoms with Crippen molar-refractivity contribution < 1.29 is 6.15 Å². The summed E-state index contributed by atoms with van der Waals surface area (Å²) >= 11 is -2.80.